The van der Waals surface area contributed by atoms with E-state index in [-0.39, 0.29) is 11.9 Å². The van der Waals surface area contributed by atoms with Crippen molar-refractivity contribution in [2.24, 2.45) is 0 Å². The van der Waals surface area contributed by atoms with Gasteiger partial charge in [0.05, 0.1) is 11.7 Å². The van der Waals surface area contributed by atoms with Crippen LogP contribution < -0.4 is 10.6 Å². The number of carbonyl (C=O) groups excluding carboxylic acids is 2. The van der Waals surface area contributed by atoms with Gasteiger partial charge in [-0.2, -0.15) is 0 Å². The number of halogens is 1. The summed E-state index contributed by atoms with van der Waals surface area (Å²) in [7, 11) is 0. The van der Waals surface area contributed by atoms with E-state index < -0.39 is 6.03 Å². The maximum absolute atomic E-state index is 13.4. The van der Waals surface area contributed by atoms with E-state index in [1.807, 2.05) is 17.0 Å². The minimum atomic E-state index is -0.429. The first-order chi connectivity index (χ1) is 18.5. The number of aryl methyl sites for hydroxylation is 1. The number of carbonyl (C=O) groups is 2. The lowest BCUT2D eigenvalue weighted by atomic mass is 9.96. The molecule has 0 aliphatic carbocycles. The molecular weight excluding hydrogens is 518 g/mol. The Morgan fingerprint density at radius 1 is 0.842 bits per heavy atom. The number of piperazine rings is 1. The summed E-state index contributed by atoms with van der Waals surface area (Å²) in [6.07, 6.45) is 0. The average molecular weight is 546 g/mol. The van der Waals surface area contributed by atoms with Gasteiger partial charge in [-0.3, -0.25) is 15.0 Å². The summed E-state index contributed by atoms with van der Waals surface area (Å²) in [6.45, 7) is 4.54. The van der Waals surface area contributed by atoms with Crippen molar-refractivity contribution < 1.29 is 9.59 Å². The third kappa shape index (κ3) is 6.05. The standard InChI is InChI=1S/C29H28ClN5O2S/c1-20-26(38-29(31-20)33-28(37)32-24-14-12-23(30)13-15-24)27(36)35-18-16-34(17-19-35)25(21-8-4-2-5-9-21)22-10-6-3-7-11-22/h2-15,25H,16-19H2,1H3,(H2,31,32,33,37). The number of benzene rings is 3. The van der Waals surface area contributed by atoms with Crippen LogP contribution in [0.3, 0.4) is 0 Å². The van der Waals surface area contributed by atoms with E-state index in [1.165, 1.54) is 22.5 Å². The molecule has 0 saturated carbocycles. The van der Waals surface area contributed by atoms with Gasteiger partial charge < -0.3 is 10.2 Å². The summed E-state index contributed by atoms with van der Waals surface area (Å²) >= 11 is 7.09. The van der Waals surface area contributed by atoms with Gasteiger partial charge in [0.15, 0.2) is 5.13 Å². The van der Waals surface area contributed by atoms with Crippen LogP contribution in [0.25, 0.3) is 0 Å². The number of aromatic nitrogens is 1. The van der Waals surface area contributed by atoms with Crippen LogP contribution in [0.15, 0.2) is 84.9 Å². The fourth-order valence-electron chi connectivity index (χ4n) is 4.65. The van der Waals surface area contributed by atoms with Gasteiger partial charge in [0, 0.05) is 36.9 Å². The third-order valence-corrected chi connectivity index (χ3v) is 7.82. The molecular formula is C29H28ClN5O2S. The van der Waals surface area contributed by atoms with Crippen LogP contribution in [0.1, 0.15) is 32.5 Å². The van der Waals surface area contributed by atoms with Gasteiger partial charge in [0.25, 0.3) is 5.91 Å². The molecule has 0 radical (unpaired) electrons. The topological polar surface area (TPSA) is 77.6 Å². The predicted molar refractivity (Wildman–Crippen MR) is 153 cm³/mol. The van der Waals surface area contributed by atoms with Crippen molar-refractivity contribution in [2.75, 3.05) is 36.8 Å². The van der Waals surface area contributed by atoms with Crippen molar-refractivity contribution in [1.29, 1.82) is 0 Å². The number of nitrogens with one attached hydrogen (secondary N) is 2. The van der Waals surface area contributed by atoms with E-state index in [2.05, 4.69) is 69.0 Å². The lowest BCUT2D eigenvalue weighted by Crippen LogP contribution is -2.49. The van der Waals surface area contributed by atoms with Crippen molar-refractivity contribution >= 4 is 45.7 Å². The van der Waals surface area contributed by atoms with Gasteiger partial charge in [-0.25, -0.2) is 9.78 Å². The van der Waals surface area contributed by atoms with Crippen LogP contribution in [0.4, 0.5) is 15.6 Å². The maximum Gasteiger partial charge on any atom is 0.325 e. The van der Waals surface area contributed by atoms with Gasteiger partial charge in [0.2, 0.25) is 0 Å². The van der Waals surface area contributed by atoms with E-state index in [1.54, 1.807) is 31.2 Å². The lowest BCUT2D eigenvalue weighted by Gasteiger charge is -2.39. The molecule has 7 nitrogen and oxygen atoms in total. The second kappa shape index (κ2) is 11.8. The fraction of sp³-hybridized carbons (Fsp3) is 0.207. The van der Waals surface area contributed by atoms with Crippen molar-refractivity contribution in [3.8, 4) is 0 Å². The lowest BCUT2D eigenvalue weighted by molar-refractivity contribution is 0.0601. The Balaban J connectivity index is 1.23. The summed E-state index contributed by atoms with van der Waals surface area (Å²) in [6, 6.07) is 27.5. The Kier molecular flexibility index (Phi) is 8.03. The number of thiazole rings is 1. The Labute approximate surface area is 231 Å². The molecule has 4 aromatic rings. The van der Waals surface area contributed by atoms with E-state index >= 15 is 0 Å². The number of amides is 3. The highest BCUT2D eigenvalue weighted by Crippen LogP contribution is 2.30. The first-order valence-electron chi connectivity index (χ1n) is 12.4. The summed E-state index contributed by atoms with van der Waals surface area (Å²) < 4.78 is 0. The predicted octanol–water partition coefficient (Wildman–Crippen LogP) is 6.30. The molecule has 1 aromatic heterocycles. The molecule has 1 aliphatic heterocycles. The van der Waals surface area contributed by atoms with E-state index in [0.717, 1.165) is 13.1 Å². The largest absolute Gasteiger partial charge is 0.335 e. The molecule has 3 aromatic carbocycles. The molecule has 1 fully saturated rings. The highest BCUT2D eigenvalue weighted by Gasteiger charge is 2.30. The van der Waals surface area contributed by atoms with Gasteiger partial charge in [-0.1, -0.05) is 83.6 Å². The molecule has 2 N–H and O–H groups in total. The minimum absolute atomic E-state index is 0.0539. The molecule has 3 amide bonds. The maximum atomic E-state index is 13.4. The third-order valence-electron chi connectivity index (χ3n) is 6.51. The van der Waals surface area contributed by atoms with E-state index in [0.29, 0.717) is 39.5 Å². The SMILES string of the molecule is Cc1nc(NC(=O)Nc2ccc(Cl)cc2)sc1C(=O)N1CCN(C(c2ccccc2)c2ccccc2)CC1. The number of hydrogen-bond acceptors (Lipinski definition) is 5. The second-order valence-corrected chi connectivity index (χ2v) is 10.5. The molecule has 0 unspecified atom stereocenters. The van der Waals surface area contributed by atoms with Crippen LogP contribution in [0, 0.1) is 6.92 Å². The van der Waals surface area contributed by atoms with Crippen LogP contribution in [-0.4, -0.2) is 52.9 Å². The number of hydrogen-bond donors (Lipinski definition) is 2. The molecule has 194 valence electrons. The zero-order chi connectivity index (χ0) is 26.5. The van der Waals surface area contributed by atoms with Crippen LogP contribution in [-0.2, 0) is 0 Å². The van der Waals surface area contributed by atoms with Crippen LogP contribution >= 0.6 is 22.9 Å². The Morgan fingerprint density at radius 2 is 1.42 bits per heavy atom. The fourth-order valence-corrected chi connectivity index (χ4v) is 5.71. The smallest absolute Gasteiger partial charge is 0.325 e. The van der Waals surface area contributed by atoms with Gasteiger partial charge in [-0.05, 0) is 42.3 Å². The van der Waals surface area contributed by atoms with Gasteiger partial charge in [-0.15, -0.1) is 0 Å². The molecule has 2 heterocycles. The zero-order valence-electron chi connectivity index (χ0n) is 20.9. The summed E-state index contributed by atoms with van der Waals surface area (Å²) in [5, 5.41) is 6.43. The minimum Gasteiger partial charge on any atom is -0.335 e. The first kappa shape index (κ1) is 25.9. The molecule has 1 aliphatic rings. The van der Waals surface area contributed by atoms with Crippen LogP contribution in [0.5, 0.6) is 0 Å². The second-order valence-electron chi connectivity index (χ2n) is 9.07. The van der Waals surface area contributed by atoms with Crippen molar-refractivity contribution in [3.63, 3.8) is 0 Å². The summed E-state index contributed by atoms with van der Waals surface area (Å²) in [5.74, 6) is -0.0539. The average Bonchev–Trinajstić information content (AvgIpc) is 3.30. The molecule has 0 spiro atoms. The molecule has 0 bridgehead atoms. The quantitative estimate of drug-likeness (QED) is 0.298. The Morgan fingerprint density at radius 3 is 2.00 bits per heavy atom. The number of rotatable bonds is 6. The Hall–Kier alpha value is -3.72. The normalized spacial score (nSPS) is 13.9. The molecule has 9 heteroatoms. The van der Waals surface area contributed by atoms with Crippen molar-refractivity contribution in [3.05, 3.63) is 112 Å². The monoisotopic (exact) mass is 545 g/mol. The van der Waals surface area contributed by atoms with E-state index in [9.17, 15) is 9.59 Å². The van der Waals surface area contributed by atoms with Crippen molar-refractivity contribution in [1.82, 2.24) is 14.8 Å². The molecule has 1 saturated heterocycles. The van der Waals surface area contributed by atoms with Gasteiger partial charge >= 0.3 is 6.03 Å². The van der Waals surface area contributed by atoms with Gasteiger partial charge in [0.1, 0.15) is 4.88 Å². The number of nitrogens with zero attached hydrogens (tertiary/aromatic N) is 3. The zero-order valence-corrected chi connectivity index (χ0v) is 22.5. The van der Waals surface area contributed by atoms with Crippen molar-refractivity contribution in [2.45, 2.75) is 13.0 Å². The first-order valence-corrected chi connectivity index (χ1v) is 13.6. The Bertz CT molecular complexity index is 1350. The summed E-state index contributed by atoms with van der Waals surface area (Å²) in [5.41, 5.74) is 3.70. The molecule has 38 heavy (non-hydrogen) atoms. The molecule has 0 atom stereocenters. The highest BCUT2D eigenvalue weighted by molar-refractivity contribution is 7.17. The number of urea groups is 1. The van der Waals surface area contributed by atoms with Crippen LogP contribution in [0.2, 0.25) is 5.02 Å². The van der Waals surface area contributed by atoms with E-state index in [4.69, 9.17) is 11.6 Å². The summed E-state index contributed by atoms with van der Waals surface area (Å²) in [4.78, 5) is 35.1. The molecule has 5 rings (SSSR count). The highest BCUT2D eigenvalue weighted by atomic mass is 35.5. The number of anilines is 2.